The molecule has 0 aromatic rings. The Morgan fingerprint density at radius 3 is 2.20 bits per heavy atom. The molecular formula is C9H20O. The maximum Gasteiger partial charge on any atom is 0.0876 e. The molecule has 0 spiro atoms. The lowest BCUT2D eigenvalue weighted by atomic mass is 10.4. The van der Waals surface area contributed by atoms with Crippen LogP contribution in [0, 0.1) is 0 Å². The van der Waals surface area contributed by atoms with Crippen molar-refractivity contribution in [1.82, 2.24) is 0 Å². The fraction of sp³-hybridized carbons (Fsp3) is 0.778. The van der Waals surface area contributed by atoms with E-state index in [0.717, 1.165) is 18.8 Å². The van der Waals surface area contributed by atoms with Gasteiger partial charge in [-0.2, -0.15) is 0 Å². The Kier molecular flexibility index (Phi) is 13.9. The molecule has 62 valence electrons. The van der Waals surface area contributed by atoms with Gasteiger partial charge in [0.15, 0.2) is 0 Å². The third kappa shape index (κ3) is 15.6. The molecule has 0 unspecified atom stereocenters. The summed E-state index contributed by atoms with van der Waals surface area (Å²) in [7, 11) is 0. The van der Waals surface area contributed by atoms with E-state index in [1.54, 1.807) is 0 Å². The van der Waals surface area contributed by atoms with Crippen molar-refractivity contribution in [2.75, 3.05) is 6.61 Å². The average Bonchev–Trinajstić information content (AvgIpc) is 1.92. The topological polar surface area (TPSA) is 9.23 Å². The van der Waals surface area contributed by atoms with Crippen molar-refractivity contribution in [1.29, 1.82) is 0 Å². The number of hydrogen-bond donors (Lipinski definition) is 0. The minimum Gasteiger partial charge on any atom is -0.499 e. The van der Waals surface area contributed by atoms with E-state index in [0.29, 0.717) is 0 Å². The van der Waals surface area contributed by atoms with Crippen LogP contribution >= 0.6 is 0 Å². The average molecular weight is 144 g/mol. The highest BCUT2D eigenvalue weighted by molar-refractivity contribution is 4.72. The predicted octanol–water partition coefficient (Wildman–Crippen LogP) is 3.36. The Morgan fingerprint density at radius 2 is 1.90 bits per heavy atom. The Labute approximate surface area is 65.1 Å². The number of rotatable bonds is 4. The third-order valence-electron chi connectivity index (χ3n) is 0.846. The van der Waals surface area contributed by atoms with Gasteiger partial charge in [0, 0.05) is 0 Å². The van der Waals surface area contributed by atoms with Crippen LogP contribution in [0.25, 0.3) is 0 Å². The van der Waals surface area contributed by atoms with Gasteiger partial charge in [-0.25, -0.2) is 0 Å². The molecule has 0 fully saturated rings. The van der Waals surface area contributed by atoms with Crippen LogP contribution in [0.3, 0.4) is 0 Å². The van der Waals surface area contributed by atoms with E-state index in [2.05, 4.69) is 13.5 Å². The molecule has 0 aromatic carbocycles. The van der Waals surface area contributed by atoms with Crippen molar-refractivity contribution < 1.29 is 4.74 Å². The van der Waals surface area contributed by atoms with Crippen LogP contribution in [-0.4, -0.2) is 6.61 Å². The highest BCUT2D eigenvalue weighted by Gasteiger charge is 1.82. The van der Waals surface area contributed by atoms with Crippen molar-refractivity contribution in [2.24, 2.45) is 0 Å². The van der Waals surface area contributed by atoms with Crippen molar-refractivity contribution in [3.05, 3.63) is 12.3 Å². The van der Waals surface area contributed by atoms with Crippen LogP contribution in [0.5, 0.6) is 0 Å². The second-order valence-corrected chi connectivity index (χ2v) is 1.90. The summed E-state index contributed by atoms with van der Waals surface area (Å²) in [5.74, 6) is 0.818. The van der Waals surface area contributed by atoms with Gasteiger partial charge in [-0.15, -0.1) is 0 Å². The Hall–Kier alpha value is -0.460. The largest absolute Gasteiger partial charge is 0.499 e. The van der Waals surface area contributed by atoms with Gasteiger partial charge in [-0.3, -0.25) is 0 Å². The van der Waals surface area contributed by atoms with Crippen LogP contribution in [0.2, 0.25) is 0 Å². The van der Waals surface area contributed by atoms with E-state index in [1.807, 2.05) is 20.8 Å². The van der Waals surface area contributed by atoms with Crippen molar-refractivity contribution >= 4 is 0 Å². The van der Waals surface area contributed by atoms with Crippen molar-refractivity contribution in [2.45, 2.75) is 40.5 Å². The Bertz CT molecular complexity index is 67.1. The fourth-order valence-corrected chi connectivity index (χ4v) is 0.391. The molecule has 0 atom stereocenters. The van der Waals surface area contributed by atoms with Crippen LogP contribution in [0.4, 0.5) is 0 Å². The molecule has 0 N–H and O–H groups in total. The minimum absolute atomic E-state index is 0.818. The van der Waals surface area contributed by atoms with Gasteiger partial charge in [0.25, 0.3) is 0 Å². The van der Waals surface area contributed by atoms with Crippen molar-refractivity contribution in [3.63, 3.8) is 0 Å². The molecule has 0 saturated heterocycles. The van der Waals surface area contributed by atoms with Gasteiger partial charge in [-0.1, -0.05) is 33.8 Å². The highest BCUT2D eigenvalue weighted by Crippen LogP contribution is 1.93. The van der Waals surface area contributed by atoms with Gasteiger partial charge in [-0.05, 0) is 13.3 Å². The van der Waals surface area contributed by atoms with Crippen LogP contribution in [0.15, 0.2) is 12.3 Å². The maximum absolute atomic E-state index is 5.09. The molecule has 10 heavy (non-hydrogen) atoms. The molecule has 0 radical (unpaired) electrons. The summed E-state index contributed by atoms with van der Waals surface area (Å²) in [6.45, 7) is 12.4. The van der Waals surface area contributed by atoms with E-state index in [-0.39, 0.29) is 0 Å². The summed E-state index contributed by atoms with van der Waals surface area (Å²) in [4.78, 5) is 0. The first-order valence-electron chi connectivity index (χ1n) is 4.05. The number of unbranched alkanes of at least 4 members (excludes halogenated alkanes) is 1. The van der Waals surface area contributed by atoms with Gasteiger partial charge in [0.05, 0.1) is 12.4 Å². The second-order valence-electron chi connectivity index (χ2n) is 1.90. The molecule has 0 heterocycles. The Morgan fingerprint density at radius 1 is 1.40 bits per heavy atom. The first-order valence-corrected chi connectivity index (χ1v) is 4.05. The van der Waals surface area contributed by atoms with Gasteiger partial charge in [0.2, 0.25) is 0 Å². The van der Waals surface area contributed by atoms with Crippen molar-refractivity contribution in [3.8, 4) is 0 Å². The smallest absolute Gasteiger partial charge is 0.0876 e. The molecule has 0 aliphatic rings. The van der Waals surface area contributed by atoms with E-state index >= 15 is 0 Å². The molecule has 0 saturated carbocycles. The number of hydrogen-bond acceptors (Lipinski definition) is 1. The molecule has 0 amide bonds. The molecule has 0 bridgehead atoms. The molecule has 0 aliphatic carbocycles. The third-order valence-corrected chi connectivity index (χ3v) is 0.846. The summed E-state index contributed by atoms with van der Waals surface area (Å²) in [6.07, 6.45) is 2.32. The van der Waals surface area contributed by atoms with Gasteiger partial charge in [0.1, 0.15) is 0 Å². The van der Waals surface area contributed by atoms with Crippen LogP contribution in [0.1, 0.15) is 40.5 Å². The monoisotopic (exact) mass is 144 g/mol. The lowest BCUT2D eigenvalue weighted by Crippen LogP contribution is -1.88. The standard InChI is InChI=1S/C7H14O.C2H6/c1-4-5-6-8-7(2)3;1-2/h2,4-6H2,1,3H3;1-2H3. The Balaban J connectivity index is 0. The second kappa shape index (κ2) is 11.4. The molecule has 0 aromatic heterocycles. The van der Waals surface area contributed by atoms with Gasteiger partial charge >= 0.3 is 0 Å². The van der Waals surface area contributed by atoms with E-state index in [1.165, 1.54) is 6.42 Å². The zero-order valence-electron chi connectivity index (χ0n) is 7.74. The summed E-state index contributed by atoms with van der Waals surface area (Å²) >= 11 is 0. The zero-order valence-corrected chi connectivity index (χ0v) is 7.74. The zero-order chi connectivity index (χ0) is 8.41. The molecule has 0 rings (SSSR count). The van der Waals surface area contributed by atoms with E-state index < -0.39 is 0 Å². The molecule has 1 nitrogen and oxygen atoms in total. The maximum atomic E-state index is 5.09. The summed E-state index contributed by atoms with van der Waals surface area (Å²) < 4.78 is 5.09. The normalized spacial score (nSPS) is 7.60. The van der Waals surface area contributed by atoms with Gasteiger partial charge < -0.3 is 4.74 Å². The summed E-state index contributed by atoms with van der Waals surface area (Å²) in [5.41, 5.74) is 0. The van der Waals surface area contributed by atoms with Crippen LogP contribution < -0.4 is 0 Å². The highest BCUT2D eigenvalue weighted by atomic mass is 16.5. The lowest BCUT2D eigenvalue weighted by molar-refractivity contribution is 0.211. The fourth-order valence-electron chi connectivity index (χ4n) is 0.391. The molecule has 1 heteroatoms. The van der Waals surface area contributed by atoms with Crippen LogP contribution in [-0.2, 0) is 4.74 Å². The quantitative estimate of drug-likeness (QED) is 0.434. The number of ether oxygens (including phenoxy) is 1. The van der Waals surface area contributed by atoms with E-state index in [9.17, 15) is 0 Å². The lowest BCUT2D eigenvalue weighted by Gasteiger charge is -2.01. The molecule has 0 aliphatic heterocycles. The first-order chi connectivity index (χ1) is 4.77. The predicted molar refractivity (Wildman–Crippen MR) is 47.0 cm³/mol. The molecular weight excluding hydrogens is 124 g/mol. The summed E-state index contributed by atoms with van der Waals surface area (Å²) in [6, 6.07) is 0. The SMILES string of the molecule is C=C(C)OCCCC.CC. The van der Waals surface area contributed by atoms with E-state index in [4.69, 9.17) is 4.74 Å². The number of allylic oxidation sites excluding steroid dienone is 1. The minimum atomic E-state index is 0.818. The first kappa shape index (κ1) is 12.2. The summed E-state index contributed by atoms with van der Waals surface area (Å²) in [5, 5.41) is 0.